The molecule has 2 amide bonds. The van der Waals surface area contributed by atoms with Gasteiger partial charge in [-0.3, -0.25) is 9.59 Å². The van der Waals surface area contributed by atoms with Crippen LogP contribution < -0.4 is 15.0 Å². The molecule has 0 aromatic heterocycles. The lowest BCUT2D eigenvalue weighted by atomic mass is 10.2. The molecule has 22 heavy (non-hydrogen) atoms. The Bertz CT molecular complexity index is 639. The van der Waals surface area contributed by atoms with E-state index in [1.165, 1.54) is 4.90 Å². The second-order valence-corrected chi connectivity index (χ2v) is 4.57. The number of benzene rings is 2. The molecule has 5 heteroatoms. The molecule has 0 radical (unpaired) electrons. The molecule has 0 saturated heterocycles. The fourth-order valence-corrected chi connectivity index (χ4v) is 2.03. The lowest BCUT2D eigenvalue weighted by Crippen LogP contribution is -2.39. The number of nitrogens with zero attached hydrogens (tertiary/aromatic N) is 1. The molecule has 2 aromatic rings. The number of methoxy groups -OCH3 is 1. The summed E-state index contributed by atoms with van der Waals surface area (Å²) in [6.07, 6.45) is 0. The van der Waals surface area contributed by atoms with Crippen LogP contribution in [-0.4, -0.2) is 25.5 Å². The van der Waals surface area contributed by atoms with Gasteiger partial charge >= 0.3 is 11.8 Å². The van der Waals surface area contributed by atoms with Crippen molar-refractivity contribution in [3.05, 3.63) is 54.6 Å². The number of rotatable bonds is 4. The number of para-hydroxylation sites is 1. The average Bonchev–Trinajstić information content (AvgIpc) is 2.57. The zero-order valence-corrected chi connectivity index (χ0v) is 12.6. The third-order valence-electron chi connectivity index (χ3n) is 3.17. The van der Waals surface area contributed by atoms with Crippen LogP contribution in [0.5, 0.6) is 5.75 Å². The lowest BCUT2D eigenvalue weighted by molar-refractivity contribution is -0.134. The Kier molecular flexibility index (Phi) is 5.14. The number of hydrogen-bond donors (Lipinski definition) is 1. The van der Waals surface area contributed by atoms with E-state index < -0.39 is 11.8 Å². The number of carbonyl (C=O) groups is 2. The molecule has 2 rings (SSSR count). The fourth-order valence-electron chi connectivity index (χ4n) is 2.03. The first kappa shape index (κ1) is 15.6. The van der Waals surface area contributed by atoms with E-state index in [4.69, 9.17) is 4.74 Å². The maximum atomic E-state index is 12.3. The molecule has 0 bridgehead atoms. The summed E-state index contributed by atoms with van der Waals surface area (Å²) < 4.78 is 5.05. The fraction of sp³-hybridized carbons (Fsp3) is 0.176. The topological polar surface area (TPSA) is 58.6 Å². The van der Waals surface area contributed by atoms with Crippen molar-refractivity contribution in [1.82, 2.24) is 0 Å². The maximum absolute atomic E-state index is 12.3. The van der Waals surface area contributed by atoms with Crippen molar-refractivity contribution < 1.29 is 14.3 Å². The number of hydrogen-bond acceptors (Lipinski definition) is 3. The van der Waals surface area contributed by atoms with E-state index in [0.717, 1.165) is 0 Å². The molecular weight excluding hydrogens is 280 g/mol. The van der Waals surface area contributed by atoms with Gasteiger partial charge in [-0.2, -0.15) is 0 Å². The summed E-state index contributed by atoms with van der Waals surface area (Å²) in [4.78, 5) is 25.8. The Labute approximate surface area is 129 Å². The van der Waals surface area contributed by atoms with Gasteiger partial charge in [0.1, 0.15) is 5.75 Å². The molecule has 0 spiro atoms. The standard InChI is InChI=1S/C17H18N2O3/c1-3-19(14-7-5-4-6-8-14)17(21)16(20)18-13-9-11-15(22-2)12-10-13/h4-12H,3H2,1-2H3,(H,18,20). The van der Waals surface area contributed by atoms with Crippen molar-refractivity contribution in [2.45, 2.75) is 6.92 Å². The third-order valence-corrected chi connectivity index (χ3v) is 3.17. The van der Waals surface area contributed by atoms with Gasteiger partial charge in [0.15, 0.2) is 0 Å². The van der Waals surface area contributed by atoms with Gasteiger partial charge in [0, 0.05) is 17.9 Å². The minimum atomic E-state index is -0.670. The van der Waals surface area contributed by atoms with Gasteiger partial charge in [0.05, 0.1) is 7.11 Å². The number of nitrogens with one attached hydrogen (secondary N) is 1. The summed E-state index contributed by atoms with van der Waals surface area (Å²) in [5, 5.41) is 2.59. The average molecular weight is 298 g/mol. The quantitative estimate of drug-likeness (QED) is 0.883. The Hall–Kier alpha value is -2.82. The molecule has 0 heterocycles. The summed E-state index contributed by atoms with van der Waals surface area (Å²) >= 11 is 0. The molecule has 5 nitrogen and oxygen atoms in total. The molecule has 0 unspecified atom stereocenters. The molecule has 0 fully saturated rings. The molecule has 2 aromatic carbocycles. The van der Waals surface area contributed by atoms with Crippen molar-refractivity contribution in [2.75, 3.05) is 23.9 Å². The normalized spacial score (nSPS) is 9.91. The first-order chi connectivity index (χ1) is 10.7. The van der Waals surface area contributed by atoms with Crippen molar-refractivity contribution >= 4 is 23.2 Å². The van der Waals surface area contributed by atoms with Crippen LogP contribution in [0.4, 0.5) is 11.4 Å². The van der Waals surface area contributed by atoms with E-state index >= 15 is 0 Å². The highest BCUT2D eigenvalue weighted by Gasteiger charge is 2.21. The Morgan fingerprint density at radius 2 is 1.68 bits per heavy atom. The van der Waals surface area contributed by atoms with Crippen LogP contribution >= 0.6 is 0 Å². The highest BCUT2D eigenvalue weighted by molar-refractivity contribution is 6.44. The van der Waals surface area contributed by atoms with Gasteiger partial charge < -0.3 is 15.0 Å². The lowest BCUT2D eigenvalue weighted by Gasteiger charge is -2.20. The minimum Gasteiger partial charge on any atom is -0.497 e. The SMILES string of the molecule is CCN(C(=O)C(=O)Nc1ccc(OC)cc1)c1ccccc1. The summed E-state index contributed by atoms with van der Waals surface area (Å²) in [5.41, 5.74) is 1.24. The third kappa shape index (κ3) is 3.63. The van der Waals surface area contributed by atoms with Crippen LogP contribution in [-0.2, 0) is 9.59 Å². The molecule has 0 saturated carbocycles. The van der Waals surface area contributed by atoms with Gasteiger partial charge in [-0.1, -0.05) is 18.2 Å². The molecule has 0 aliphatic heterocycles. The molecule has 0 aliphatic carbocycles. The molecule has 1 N–H and O–H groups in total. The van der Waals surface area contributed by atoms with Crippen LogP contribution in [0, 0.1) is 0 Å². The van der Waals surface area contributed by atoms with E-state index in [-0.39, 0.29) is 0 Å². The first-order valence-electron chi connectivity index (χ1n) is 6.97. The number of amides is 2. The van der Waals surface area contributed by atoms with Crippen LogP contribution in [0.25, 0.3) is 0 Å². The zero-order chi connectivity index (χ0) is 15.9. The summed E-state index contributed by atoms with van der Waals surface area (Å²) in [7, 11) is 1.57. The minimum absolute atomic E-state index is 0.416. The predicted octanol–water partition coefficient (Wildman–Crippen LogP) is 2.69. The highest BCUT2D eigenvalue weighted by Crippen LogP contribution is 2.16. The number of anilines is 2. The van der Waals surface area contributed by atoms with Crippen LogP contribution in [0.3, 0.4) is 0 Å². The molecule has 114 valence electrons. The van der Waals surface area contributed by atoms with Gasteiger partial charge in [-0.25, -0.2) is 0 Å². The Morgan fingerprint density at radius 1 is 1.05 bits per heavy atom. The van der Waals surface area contributed by atoms with Crippen molar-refractivity contribution in [1.29, 1.82) is 0 Å². The monoisotopic (exact) mass is 298 g/mol. The zero-order valence-electron chi connectivity index (χ0n) is 12.6. The van der Waals surface area contributed by atoms with E-state index in [1.807, 2.05) is 25.1 Å². The van der Waals surface area contributed by atoms with Crippen molar-refractivity contribution in [3.63, 3.8) is 0 Å². The van der Waals surface area contributed by atoms with E-state index in [1.54, 1.807) is 43.5 Å². The van der Waals surface area contributed by atoms with Gasteiger partial charge in [0.25, 0.3) is 0 Å². The Balaban J connectivity index is 2.08. The molecule has 0 atom stereocenters. The first-order valence-corrected chi connectivity index (χ1v) is 6.97. The van der Waals surface area contributed by atoms with E-state index in [9.17, 15) is 9.59 Å². The molecular formula is C17H18N2O3. The smallest absolute Gasteiger partial charge is 0.316 e. The number of carbonyl (C=O) groups excluding carboxylic acids is 2. The summed E-state index contributed by atoms with van der Waals surface area (Å²) in [5.74, 6) is -0.579. The highest BCUT2D eigenvalue weighted by atomic mass is 16.5. The maximum Gasteiger partial charge on any atom is 0.316 e. The van der Waals surface area contributed by atoms with Gasteiger partial charge in [-0.05, 0) is 43.3 Å². The Morgan fingerprint density at radius 3 is 2.23 bits per heavy atom. The van der Waals surface area contributed by atoms with Crippen LogP contribution in [0.1, 0.15) is 6.92 Å². The largest absolute Gasteiger partial charge is 0.497 e. The second-order valence-electron chi connectivity index (χ2n) is 4.57. The van der Waals surface area contributed by atoms with Gasteiger partial charge in [0.2, 0.25) is 0 Å². The van der Waals surface area contributed by atoms with Crippen molar-refractivity contribution in [2.24, 2.45) is 0 Å². The summed E-state index contributed by atoms with van der Waals surface area (Å²) in [6.45, 7) is 2.24. The summed E-state index contributed by atoms with van der Waals surface area (Å²) in [6, 6.07) is 15.9. The van der Waals surface area contributed by atoms with Crippen LogP contribution in [0.2, 0.25) is 0 Å². The molecule has 0 aliphatic rings. The second kappa shape index (κ2) is 7.26. The predicted molar refractivity (Wildman–Crippen MR) is 86.1 cm³/mol. The van der Waals surface area contributed by atoms with Gasteiger partial charge in [-0.15, -0.1) is 0 Å². The van der Waals surface area contributed by atoms with Crippen molar-refractivity contribution in [3.8, 4) is 5.75 Å². The van der Waals surface area contributed by atoms with E-state index in [2.05, 4.69) is 5.32 Å². The van der Waals surface area contributed by atoms with Crippen LogP contribution in [0.15, 0.2) is 54.6 Å². The van der Waals surface area contributed by atoms with E-state index in [0.29, 0.717) is 23.7 Å². The number of likely N-dealkylation sites (N-methyl/N-ethyl adjacent to an activating group) is 1. The number of ether oxygens (including phenoxy) is 1.